The largest absolute Gasteiger partial charge is 0.506 e. The summed E-state index contributed by atoms with van der Waals surface area (Å²) in [6, 6.07) is 12.8. The van der Waals surface area contributed by atoms with Crippen molar-refractivity contribution >= 4 is 16.6 Å². The van der Waals surface area contributed by atoms with Crippen molar-refractivity contribution in [2.75, 3.05) is 26.3 Å². The molecule has 33 heavy (non-hydrogen) atoms. The zero-order valence-corrected chi connectivity index (χ0v) is 19.0. The van der Waals surface area contributed by atoms with E-state index in [2.05, 4.69) is 15.3 Å². The zero-order valence-electron chi connectivity index (χ0n) is 19.0. The number of benzene rings is 1. The molecule has 5 rings (SSSR count). The number of nitrogens with zero attached hydrogens (tertiary/aromatic N) is 3. The fourth-order valence-corrected chi connectivity index (χ4v) is 3.49. The van der Waals surface area contributed by atoms with Gasteiger partial charge in [0.1, 0.15) is 35.4 Å². The standard InChI is InChI=1S/C18H15N3O3.C5H10FN.C2H6/c22-8-9-24-13-6-7-21-15(11-19-17(21)10-13)14-5-4-12-2-1-3-16(23)18(12)20-14;6-5-2-1-3-7-4-5;1-2/h1-7,10-11,22-23H,8-9H2;5,7H,1-4H2;1-2H3. The van der Waals surface area contributed by atoms with Gasteiger partial charge in [-0.1, -0.05) is 32.0 Å². The Hall–Kier alpha value is -3.23. The molecule has 0 spiro atoms. The number of nitrogens with one attached hydrogen (secondary N) is 1. The molecular weight excluding hydrogens is 423 g/mol. The van der Waals surface area contributed by atoms with Gasteiger partial charge in [0.05, 0.1) is 24.2 Å². The number of phenols is 1. The topological polar surface area (TPSA) is 91.9 Å². The molecule has 0 radical (unpaired) electrons. The maximum Gasteiger partial charge on any atom is 0.141 e. The number of halogens is 1. The van der Waals surface area contributed by atoms with Gasteiger partial charge in [-0.15, -0.1) is 0 Å². The monoisotopic (exact) mass is 454 g/mol. The molecule has 3 N–H and O–H groups in total. The molecule has 1 unspecified atom stereocenters. The summed E-state index contributed by atoms with van der Waals surface area (Å²) in [5.74, 6) is 0.806. The van der Waals surface area contributed by atoms with E-state index in [0.29, 0.717) is 17.8 Å². The SMILES string of the molecule is CC.FC1CCCNC1.OCCOc1ccn2c(-c3ccc4cccc(O)c4n3)cnc2c1. The summed E-state index contributed by atoms with van der Waals surface area (Å²) < 4.78 is 19.4. The van der Waals surface area contributed by atoms with Crippen LogP contribution in [0.25, 0.3) is 27.9 Å². The highest BCUT2D eigenvalue weighted by atomic mass is 19.1. The molecule has 0 amide bonds. The summed E-state index contributed by atoms with van der Waals surface area (Å²) in [6.45, 7) is 5.78. The molecule has 4 aromatic rings. The van der Waals surface area contributed by atoms with Crippen molar-refractivity contribution in [1.82, 2.24) is 19.7 Å². The quantitative estimate of drug-likeness (QED) is 0.424. The van der Waals surface area contributed by atoms with Crippen LogP contribution in [0.3, 0.4) is 0 Å². The minimum atomic E-state index is -0.575. The van der Waals surface area contributed by atoms with Crippen molar-refractivity contribution in [3.05, 3.63) is 54.9 Å². The molecule has 1 saturated heterocycles. The summed E-state index contributed by atoms with van der Waals surface area (Å²) in [7, 11) is 0. The molecule has 8 heteroatoms. The molecule has 176 valence electrons. The molecule has 1 aliphatic heterocycles. The minimum absolute atomic E-state index is 0.0324. The first-order valence-electron chi connectivity index (χ1n) is 11.3. The Labute approximate surface area is 192 Å². The number of piperidine rings is 1. The van der Waals surface area contributed by atoms with Crippen LogP contribution in [0.4, 0.5) is 4.39 Å². The number of aliphatic hydroxyl groups is 1. The third-order valence-corrected chi connectivity index (χ3v) is 5.04. The van der Waals surface area contributed by atoms with Crippen molar-refractivity contribution < 1.29 is 19.3 Å². The Balaban J connectivity index is 0.000000289. The smallest absolute Gasteiger partial charge is 0.141 e. The number of imidazole rings is 1. The van der Waals surface area contributed by atoms with E-state index in [-0.39, 0.29) is 19.0 Å². The van der Waals surface area contributed by atoms with Gasteiger partial charge in [0.2, 0.25) is 0 Å². The van der Waals surface area contributed by atoms with Gasteiger partial charge in [-0.05, 0) is 37.6 Å². The number of aromatic hydroxyl groups is 1. The van der Waals surface area contributed by atoms with Crippen LogP contribution < -0.4 is 10.1 Å². The number of alkyl halides is 1. The minimum Gasteiger partial charge on any atom is -0.506 e. The number of aliphatic hydroxyl groups excluding tert-OH is 1. The first-order chi connectivity index (χ1) is 16.2. The van der Waals surface area contributed by atoms with Crippen molar-refractivity contribution in [2.24, 2.45) is 0 Å². The number of hydrogen-bond donors (Lipinski definition) is 3. The molecule has 1 aliphatic rings. The van der Waals surface area contributed by atoms with Gasteiger partial charge in [-0.2, -0.15) is 0 Å². The summed E-state index contributed by atoms with van der Waals surface area (Å²) >= 11 is 0. The molecule has 4 heterocycles. The molecule has 0 bridgehead atoms. The second kappa shape index (κ2) is 12.1. The Morgan fingerprint density at radius 1 is 1.21 bits per heavy atom. The normalized spacial score (nSPS) is 15.3. The number of phenolic OH excluding ortho intramolecular Hbond substituents is 1. The lowest BCUT2D eigenvalue weighted by Gasteiger charge is -2.14. The summed E-state index contributed by atoms with van der Waals surface area (Å²) in [6.07, 6.45) is 4.77. The lowest BCUT2D eigenvalue weighted by Crippen LogP contribution is -2.30. The zero-order chi connectivity index (χ0) is 23.6. The summed E-state index contributed by atoms with van der Waals surface area (Å²) in [4.78, 5) is 8.95. The van der Waals surface area contributed by atoms with Crippen molar-refractivity contribution in [3.8, 4) is 22.9 Å². The van der Waals surface area contributed by atoms with Gasteiger partial charge in [0, 0.05) is 24.2 Å². The van der Waals surface area contributed by atoms with Crippen molar-refractivity contribution in [2.45, 2.75) is 32.9 Å². The second-order valence-electron chi connectivity index (χ2n) is 7.30. The number of aromatic nitrogens is 3. The second-order valence-corrected chi connectivity index (χ2v) is 7.30. The maximum atomic E-state index is 12.1. The van der Waals surface area contributed by atoms with Gasteiger partial charge >= 0.3 is 0 Å². The first-order valence-corrected chi connectivity index (χ1v) is 11.3. The third kappa shape index (κ3) is 6.18. The molecular formula is C25H31FN4O3. The van der Waals surface area contributed by atoms with Crippen molar-refractivity contribution in [1.29, 1.82) is 0 Å². The fraction of sp³-hybridized carbons (Fsp3) is 0.360. The van der Waals surface area contributed by atoms with Gasteiger partial charge in [0.25, 0.3) is 0 Å². The average molecular weight is 455 g/mol. The number of fused-ring (bicyclic) bond motifs is 2. The van der Waals surface area contributed by atoms with Crippen LogP contribution in [0.5, 0.6) is 11.5 Å². The number of rotatable bonds is 4. The first kappa shape index (κ1) is 24.4. The Morgan fingerprint density at radius 2 is 2.06 bits per heavy atom. The van der Waals surface area contributed by atoms with E-state index in [4.69, 9.17) is 9.84 Å². The van der Waals surface area contributed by atoms with Gasteiger partial charge in [-0.25, -0.2) is 14.4 Å². The fourth-order valence-electron chi connectivity index (χ4n) is 3.49. The van der Waals surface area contributed by atoms with Crippen LogP contribution in [0.2, 0.25) is 0 Å². The number of ether oxygens (including phenoxy) is 1. The van der Waals surface area contributed by atoms with Crippen LogP contribution in [-0.2, 0) is 0 Å². The summed E-state index contributed by atoms with van der Waals surface area (Å²) in [5.41, 5.74) is 2.83. The van der Waals surface area contributed by atoms with Crippen LogP contribution >= 0.6 is 0 Å². The van der Waals surface area contributed by atoms with Gasteiger partial charge < -0.3 is 20.3 Å². The number of para-hydroxylation sites is 1. The highest BCUT2D eigenvalue weighted by molar-refractivity contribution is 5.86. The lowest BCUT2D eigenvalue weighted by molar-refractivity contribution is 0.201. The van der Waals surface area contributed by atoms with Crippen LogP contribution in [0, 0.1) is 0 Å². The molecule has 1 aromatic carbocycles. The highest BCUT2D eigenvalue weighted by Gasteiger charge is 2.11. The molecule has 0 saturated carbocycles. The number of pyridine rings is 2. The predicted molar refractivity (Wildman–Crippen MR) is 129 cm³/mol. The average Bonchev–Trinajstić information content (AvgIpc) is 3.28. The molecule has 7 nitrogen and oxygen atoms in total. The van der Waals surface area contributed by atoms with Crippen LogP contribution in [0.15, 0.2) is 54.9 Å². The van der Waals surface area contributed by atoms with E-state index < -0.39 is 6.17 Å². The maximum absolute atomic E-state index is 12.1. The Bertz CT molecular complexity index is 1160. The van der Waals surface area contributed by atoms with E-state index in [1.165, 1.54) is 0 Å². The predicted octanol–water partition coefficient (Wildman–Crippen LogP) is 4.36. The van der Waals surface area contributed by atoms with E-state index in [1.807, 2.05) is 48.7 Å². The molecule has 1 fully saturated rings. The van der Waals surface area contributed by atoms with E-state index in [9.17, 15) is 9.50 Å². The van der Waals surface area contributed by atoms with Gasteiger partial charge in [0.15, 0.2) is 0 Å². The summed E-state index contributed by atoms with van der Waals surface area (Å²) in [5, 5.41) is 22.7. The van der Waals surface area contributed by atoms with E-state index >= 15 is 0 Å². The molecule has 3 aromatic heterocycles. The van der Waals surface area contributed by atoms with Crippen molar-refractivity contribution in [3.63, 3.8) is 0 Å². The lowest BCUT2D eigenvalue weighted by atomic mass is 10.1. The van der Waals surface area contributed by atoms with Crippen LogP contribution in [-0.4, -0.2) is 57.1 Å². The third-order valence-electron chi connectivity index (χ3n) is 5.04. The van der Waals surface area contributed by atoms with Gasteiger partial charge in [-0.3, -0.25) is 4.40 Å². The van der Waals surface area contributed by atoms with E-state index in [1.54, 1.807) is 24.4 Å². The number of hydrogen-bond acceptors (Lipinski definition) is 6. The molecule has 1 atom stereocenters. The van der Waals surface area contributed by atoms with E-state index in [0.717, 1.165) is 41.8 Å². The van der Waals surface area contributed by atoms with Crippen LogP contribution in [0.1, 0.15) is 26.7 Å². The Morgan fingerprint density at radius 3 is 2.76 bits per heavy atom. The Kier molecular flexibility index (Phi) is 8.97. The molecule has 0 aliphatic carbocycles. The highest BCUT2D eigenvalue weighted by Crippen LogP contribution is 2.27.